The zero-order chi connectivity index (χ0) is 23.6. The lowest BCUT2D eigenvalue weighted by molar-refractivity contribution is -0.0181. The van der Waals surface area contributed by atoms with Crippen LogP contribution in [0.4, 0.5) is 23.4 Å². The molecule has 0 atom stereocenters. The van der Waals surface area contributed by atoms with Crippen LogP contribution in [0.2, 0.25) is 0 Å². The molecular weight excluding hydrogens is 446 g/mol. The van der Waals surface area contributed by atoms with Gasteiger partial charge in [0.1, 0.15) is 5.65 Å². The molecule has 0 spiro atoms. The number of hydrogen-bond donors (Lipinski definition) is 4. The highest BCUT2D eigenvalue weighted by Crippen LogP contribution is 2.35. The van der Waals surface area contributed by atoms with Gasteiger partial charge in [0, 0.05) is 43.2 Å². The Morgan fingerprint density at radius 3 is 2.36 bits per heavy atom. The van der Waals surface area contributed by atoms with E-state index >= 15 is 0 Å². The molecular formula is C20H21F4N7O2. The first-order chi connectivity index (χ1) is 15.6. The second-order valence-electron chi connectivity index (χ2n) is 8.01. The molecule has 0 aliphatic heterocycles. The topological polar surface area (TPSA) is 132 Å². The van der Waals surface area contributed by atoms with Gasteiger partial charge in [-0.15, -0.1) is 0 Å². The van der Waals surface area contributed by atoms with Crippen LogP contribution in [0.25, 0.3) is 11.0 Å². The second-order valence-corrected chi connectivity index (χ2v) is 8.01. The van der Waals surface area contributed by atoms with Gasteiger partial charge in [-0.3, -0.25) is 15.0 Å². The molecule has 0 radical (unpaired) electrons. The average molecular weight is 467 g/mol. The lowest BCUT2D eigenvalue weighted by Gasteiger charge is -2.22. The Morgan fingerprint density at radius 1 is 0.939 bits per heavy atom. The van der Waals surface area contributed by atoms with E-state index in [4.69, 9.17) is 0 Å². The molecule has 3 aromatic rings. The molecule has 2 aliphatic carbocycles. The van der Waals surface area contributed by atoms with Crippen molar-refractivity contribution in [2.24, 2.45) is 5.10 Å². The van der Waals surface area contributed by atoms with Crippen LogP contribution in [0, 0.1) is 0 Å². The summed E-state index contributed by atoms with van der Waals surface area (Å²) >= 11 is 0. The summed E-state index contributed by atoms with van der Waals surface area (Å²) in [5, 5.41) is 4.25. The van der Waals surface area contributed by atoms with Crippen molar-refractivity contribution in [2.45, 2.75) is 56.8 Å². The zero-order valence-corrected chi connectivity index (χ0v) is 17.4. The number of rotatable bonds is 2. The van der Waals surface area contributed by atoms with Gasteiger partial charge in [0.2, 0.25) is 5.92 Å². The molecule has 5 rings (SSSR count). The number of nitrogens with zero attached hydrogens (tertiary/aromatic N) is 3. The van der Waals surface area contributed by atoms with Crippen molar-refractivity contribution in [3.63, 3.8) is 0 Å². The third-order valence-electron chi connectivity index (χ3n) is 5.53. The molecule has 0 aromatic carbocycles. The quantitative estimate of drug-likeness (QED) is 0.340. The standard InChI is InChI=1S/C10H12F2N4O.C10H9F2N3O/c11-10(12)3-1-7(2-4-10)15-16-8-5-9(17)14-6-13-8;11-10(12)2-1-6-5(3-10)7-8(15-6)13-4-14-9(7)16/h5-6H,1-4H2,(H2,13,14,16,17);4H,1-3H2,(H2,13,14,15,16). The van der Waals surface area contributed by atoms with E-state index in [1.54, 1.807) is 0 Å². The third kappa shape index (κ3) is 5.46. The first-order valence-corrected chi connectivity index (χ1v) is 10.3. The minimum Gasteiger partial charge on any atom is -0.343 e. The van der Waals surface area contributed by atoms with E-state index in [2.05, 4.69) is 35.4 Å². The van der Waals surface area contributed by atoms with Crippen LogP contribution in [0.15, 0.2) is 33.4 Å². The number of anilines is 1. The van der Waals surface area contributed by atoms with Crippen molar-refractivity contribution >= 4 is 22.6 Å². The molecule has 1 fully saturated rings. The molecule has 33 heavy (non-hydrogen) atoms. The number of H-pyrrole nitrogens is 3. The van der Waals surface area contributed by atoms with Gasteiger partial charge >= 0.3 is 0 Å². The molecule has 0 saturated heterocycles. The molecule has 4 N–H and O–H groups in total. The van der Waals surface area contributed by atoms with E-state index in [1.165, 1.54) is 18.7 Å². The van der Waals surface area contributed by atoms with Gasteiger partial charge in [-0.25, -0.2) is 27.5 Å². The van der Waals surface area contributed by atoms with Gasteiger partial charge < -0.3 is 15.0 Å². The SMILES string of the molecule is O=c1[nH]cnc2[nH]c3c(c12)CC(F)(F)CC3.O=c1cc(NN=C2CCC(F)(F)CC2)nc[nH]1. The predicted octanol–water partition coefficient (Wildman–Crippen LogP) is 3.12. The van der Waals surface area contributed by atoms with Crippen LogP contribution < -0.4 is 16.5 Å². The minimum atomic E-state index is -2.72. The summed E-state index contributed by atoms with van der Waals surface area (Å²) < 4.78 is 52.3. The monoisotopic (exact) mass is 467 g/mol. The van der Waals surface area contributed by atoms with E-state index in [-0.39, 0.29) is 61.5 Å². The van der Waals surface area contributed by atoms with Gasteiger partial charge in [0.15, 0.2) is 5.82 Å². The molecule has 3 aromatic heterocycles. The Morgan fingerprint density at radius 2 is 1.64 bits per heavy atom. The van der Waals surface area contributed by atoms with Gasteiger partial charge in [0.25, 0.3) is 17.0 Å². The van der Waals surface area contributed by atoms with E-state index in [0.717, 1.165) is 0 Å². The van der Waals surface area contributed by atoms with Crippen molar-refractivity contribution in [1.82, 2.24) is 24.9 Å². The van der Waals surface area contributed by atoms with Gasteiger partial charge in [0.05, 0.1) is 18.0 Å². The Kier molecular flexibility index (Phi) is 6.04. The fraction of sp³-hybridized carbons (Fsp3) is 0.450. The molecule has 0 unspecified atom stereocenters. The number of halogens is 4. The number of aryl methyl sites for hydroxylation is 1. The van der Waals surface area contributed by atoms with Crippen molar-refractivity contribution in [3.05, 3.63) is 50.7 Å². The smallest absolute Gasteiger partial charge is 0.260 e. The molecule has 3 heterocycles. The normalized spacial score (nSPS) is 18.7. The maximum Gasteiger partial charge on any atom is 0.260 e. The number of hydrazone groups is 1. The second kappa shape index (κ2) is 8.79. The minimum absolute atomic E-state index is 0.170. The van der Waals surface area contributed by atoms with Crippen molar-refractivity contribution in [1.29, 1.82) is 0 Å². The lowest BCUT2D eigenvalue weighted by Crippen LogP contribution is -2.26. The van der Waals surface area contributed by atoms with Crippen molar-refractivity contribution in [3.8, 4) is 0 Å². The van der Waals surface area contributed by atoms with Crippen LogP contribution in [-0.2, 0) is 12.8 Å². The Bertz CT molecular complexity index is 1280. The number of alkyl halides is 4. The summed E-state index contributed by atoms with van der Waals surface area (Å²) in [6.45, 7) is 0. The van der Waals surface area contributed by atoms with Gasteiger partial charge in [-0.1, -0.05) is 0 Å². The van der Waals surface area contributed by atoms with Gasteiger partial charge in [-0.05, 0) is 24.8 Å². The van der Waals surface area contributed by atoms with Crippen LogP contribution >= 0.6 is 0 Å². The Balaban J connectivity index is 0.000000157. The highest BCUT2D eigenvalue weighted by atomic mass is 19.3. The summed E-state index contributed by atoms with van der Waals surface area (Å²) in [6.07, 6.45) is 2.42. The van der Waals surface area contributed by atoms with Gasteiger partial charge in [-0.2, -0.15) is 5.10 Å². The number of aromatic nitrogens is 5. The van der Waals surface area contributed by atoms with Crippen molar-refractivity contribution < 1.29 is 17.6 Å². The Labute approximate surface area is 183 Å². The maximum atomic E-state index is 13.3. The summed E-state index contributed by atoms with van der Waals surface area (Å²) in [7, 11) is 0. The maximum absolute atomic E-state index is 13.3. The van der Waals surface area contributed by atoms with Crippen LogP contribution in [0.3, 0.4) is 0 Å². The average Bonchev–Trinajstić information content (AvgIpc) is 3.11. The van der Waals surface area contributed by atoms with Crippen LogP contribution in [0.1, 0.15) is 43.4 Å². The van der Waals surface area contributed by atoms with E-state index in [9.17, 15) is 27.2 Å². The highest BCUT2D eigenvalue weighted by Gasteiger charge is 2.36. The van der Waals surface area contributed by atoms with E-state index in [0.29, 0.717) is 28.4 Å². The number of aromatic amines is 3. The summed E-state index contributed by atoms with van der Waals surface area (Å²) in [6, 6.07) is 1.25. The summed E-state index contributed by atoms with van der Waals surface area (Å²) in [4.78, 5) is 38.0. The van der Waals surface area contributed by atoms with E-state index in [1.807, 2.05) is 0 Å². The number of hydrogen-bond acceptors (Lipinski definition) is 6. The third-order valence-corrected chi connectivity index (χ3v) is 5.53. The molecule has 13 heteroatoms. The lowest BCUT2D eigenvalue weighted by atomic mass is 9.93. The van der Waals surface area contributed by atoms with E-state index < -0.39 is 11.8 Å². The summed E-state index contributed by atoms with van der Waals surface area (Å²) in [5.74, 6) is -4.98. The van der Waals surface area contributed by atoms with Crippen molar-refractivity contribution in [2.75, 3.05) is 5.43 Å². The molecule has 0 amide bonds. The zero-order valence-electron chi connectivity index (χ0n) is 17.4. The molecule has 2 aliphatic rings. The predicted molar refractivity (Wildman–Crippen MR) is 113 cm³/mol. The van der Waals surface area contributed by atoms with Crippen LogP contribution in [-0.4, -0.2) is 42.5 Å². The number of nitrogens with one attached hydrogen (secondary N) is 4. The van der Waals surface area contributed by atoms with Crippen LogP contribution in [0.5, 0.6) is 0 Å². The molecule has 9 nitrogen and oxygen atoms in total. The number of fused-ring (bicyclic) bond motifs is 3. The largest absolute Gasteiger partial charge is 0.343 e. The Hall–Kier alpha value is -3.51. The highest BCUT2D eigenvalue weighted by molar-refractivity contribution is 5.85. The fourth-order valence-corrected chi connectivity index (χ4v) is 3.79. The molecule has 176 valence electrons. The molecule has 1 saturated carbocycles. The first-order valence-electron chi connectivity index (χ1n) is 10.3. The fourth-order valence-electron chi connectivity index (χ4n) is 3.79. The molecule has 0 bridgehead atoms. The first kappa shape index (κ1) is 22.7. The summed E-state index contributed by atoms with van der Waals surface area (Å²) in [5.41, 5.74) is 4.14.